The molecule has 1 heterocycles. The first kappa shape index (κ1) is 15.7. The molecule has 0 amide bonds. The van der Waals surface area contributed by atoms with Crippen LogP contribution >= 0.6 is 23.2 Å². The second kappa shape index (κ2) is 6.83. The molecule has 1 aromatic heterocycles. The predicted octanol–water partition coefficient (Wildman–Crippen LogP) is 3.73. The van der Waals surface area contributed by atoms with Crippen LogP contribution in [0.5, 0.6) is 0 Å². The lowest BCUT2D eigenvalue weighted by molar-refractivity contribution is 0.627. The molecule has 21 heavy (non-hydrogen) atoms. The molecule has 0 atom stereocenters. The van der Waals surface area contributed by atoms with Crippen molar-refractivity contribution in [3.8, 4) is 0 Å². The maximum Gasteiger partial charge on any atom is 0.253 e. The van der Waals surface area contributed by atoms with E-state index in [9.17, 15) is 4.39 Å². The fourth-order valence-electron chi connectivity index (χ4n) is 1.60. The summed E-state index contributed by atoms with van der Waals surface area (Å²) >= 11 is 12.3. The van der Waals surface area contributed by atoms with E-state index in [0.29, 0.717) is 12.0 Å². The summed E-state index contributed by atoms with van der Waals surface area (Å²) in [6.07, 6.45) is 1.98. The average molecular weight is 327 g/mol. The molecule has 4 nitrogen and oxygen atoms in total. The van der Waals surface area contributed by atoms with E-state index in [2.05, 4.69) is 15.0 Å². The Morgan fingerprint density at radius 1 is 1.14 bits per heavy atom. The molecule has 0 saturated heterocycles. The van der Waals surface area contributed by atoms with Crippen LogP contribution in [0.15, 0.2) is 29.3 Å². The first-order chi connectivity index (χ1) is 9.95. The van der Waals surface area contributed by atoms with Crippen LogP contribution in [0.25, 0.3) is 0 Å². The van der Waals surface area contributed by atoms with Crippen molar-refractivity contribution in [2.45, 2.75) is 6.42 Å². The predicted molar refractivity (Wildman–Crippen MR) is 83.1 cm³/mol. The molecule has 0 aliphatic carbocycles. The Balaban J connectivity index is 2.26. The van der Waals surface area contributed by atoms with E-state index >= 15 is 0 Å². The molecule has 7 heteroatoms. The molecule has 0 spiro atoms. The van der Waals surface area contributed by atoms with Crippen LogP contribution in [-0.2, 0) is 6.42 Å². The molecular formula is C14H13Cl2FN4. The second-order valence-corrected chi connectivity index (χ2v) is 5.31. The molecule has 0 aliphatic heterocycles. The smallest absolute Gasteiger partial charge is 0.253 e. The fraction of sp³-hybridized carbons (Fsp3) is 0.214. The molecule has 2 rings (SSSR count). The highest BCUT2D eigenvalue weighted by Crippen LogP contribution is 2.26. The quantitative estimate of drug-likeness (QED) is 0.488. The maximum atomic E-state index is 12.9. The molecule has 1 aromatic carbocycles. The summed E-state index contributed by atoms with van der Waals surface area (Å²) in [5.74, 6) is -0.0953. The van der Waals surface area contributed by atoms with Gasteiger partial charge in [-0.25, -0.2) is 9.38 Å². The number of rotatable bonds is 4. The van der Waals surface area contributed by atoms with E-state index in [4.69, 9.17) is 23.2 Å². The number of hydrogen-bond acceptors (Lipinski definition) is 3. The number of nitrogens with zero attached hydrogens (tertiary/aromatic N) is 4. The largest absolute Gasteiger partial charge is 0.369 e. The minimum atomic E-state index is -0.291. The molecule has 0 fully saturated rings. The van der Waals surface area contributed by atoms with Crippen LogP contribution < -0.4 is 0 Å². The lowest BCUT2D eigenvalue weighted by Crippen LogP contribution is -2.07. The van der Waals surface area contributed by atoms with Gasteiger partial charge in [-0.2, -0.15) is 9.97 Å². The first-order valence-corrected chi connectivity index (χ1v) is 6.88. The number of benzene rings is 1. The van der Waals surface area contributed by atoms with Crippen molar-refractivity contribution in [2.24, 2.45) is 4.99 Å². The van der Waals surface area contributed by atoms with Gasteiger partial charge in [0.1, 0.15) is 16.1 Å². The third-order valence-corrected chi connectivity index (χ3v) is 3.22. The van der Waals surface area contributed by atoms with E-state index in [1.54, 1.807) is 23.4 Å². The van der Waals surface area contributed by atoms with Gasteiger partial charge in [0.2, 0.25) is 0 Å². The summed E-state index contributed by atoms with van der Waals surface area (Å²) in [6, 6.07) is 6.10. The van der Waals surface area contributed by atoms with Gasteiger partial charge in [-0.3, -0.25) is 0 Å². The normalized spacial score (nSPS) is 11.1. The molecule has 0 bridgehead atoms. The van der Waals surface area contributed by atoms with Crippen molar-refractivity contribution >= 4 is 35.5 Å². The Labute approximate surface area is 132 Å². The van der Waals surface area contributed by atoms with Gasteiger partial charge in [-0.1, -0.05) is 35.3 Å². The summed E-state index contributed by atoms with van der Waals surface area (Å²) in [6.45, 7) is 0. The summed E-state index contributed by atoms with van der Waals surface area (Å²) in [7, 11) is 3.66. The van der Waals surface area contributed by atoms with Crippen LogP contribution in [0.4, 0.5) is 10.3 Å². The minimum Gasteiger partial charge on any atom is -0.369 e. The van der Waals surface area contributed by atoms with Gasteiger partial charge < -0.3 is 4.90 Å². The second-order valence-electron chi connectivity index (χ2n) is 4.60. The van der Waals surface area contributed by atoms with Crippen molar-refractivity contribution in [2.75, 3.05) is 14.1 Å². The molecule has 0 N–H and O–H groups in total. The van der Waals surface area contributed by atoms with E-state index in [1.807, 2.05) is 14.1 Å². The van der Waals surface area contributed by atoms with Gasteiger partial charge in [-0.05, 0) is 17.7 Å². The topological polar surface area (TPSA) is 41.4 Å². The molecule has 0 radical (unpaired) electrons. The maximum absolute atomic E-state index is 12.9. The van der Waals surface area contributed by atoms with Crippen molar-refractivity contribution in [1.29, 1.82) is 0 Å². The Hall–Kier alpha value is -1.72. The Kier molecular flexibility index (Phi) is 5.09. The fourth-order valence-corrected chi connectivity index (χ4v) is 2.11. The van der Waals surface area contributed by atoms with Crippen molar-refractivity contribution in [3.05, 3.63) is 51.5 Å². The number of aromatic nitrogens is 2. The molecule has 0 unspecified atom stereocenters. The van der Waals surface area contributed by atoms with Crippen molar-refractivity contribution in [1.82, 2.24) is 14.9 Å². The zero-order valence-corrected chi connectivity index (χ0v) is 13.0. The molecule has 110 valence electrons. The van der Waals surface area contributed by atoms with Gasteiger partial charge in [0.05, 0.1) is 6.34 Å². The van der Waals surface area contributed by atoms with Crippen molar-refractivity contribution in [3.63, 3.8) is 0 Å². The van der Waals surface area contributed by atoms with Gasteiger partial charge in [0.15, 0.2) is 0 Å². The zero-order chi connectivity index (χ0) is 15.4. The third kappa shape index (κ3) is 4.37. The van der Waals surface area contributed by atoms with E-state index in [-0.39, 0.29) is 22.1 Å². The number of hydrogen-bond donors (Lipinski definition) is 0. The number of halogens is 3. The first-order valence-electron chi connectivity index (χ1n) is 6.12. The van der Waals surface area contributed by atoms with Gasteiger partial charge in [0.25, 0.3) is 5.95 Å². The van der Waals surface area contributed by atoms with Crippen LogP contribution in [0, 0.1) is 5.82 Å². The minimum absolute atomic E-state index is 0.196. The highest BCUT2D eigenvalue weighted by Gasteiger charge is 2.12. The van der Waals surface area contributed by atoms with Crippen LogP contribution in [0.1, 0.15) is 11.1 Å². The average Bonchev–Trinajstić information content (AvgIpc) is 2.42. The monoisotopic (exact) mass is 326 g/mol. The highest BCUT2D eigenvalue weighted by molar-refractivity contribution is 6.34. The standard InChI is InChI=1S/C14H13Cl2FN4/c1-21(2)8-18-14-19-12(15)11(13(16)20-14)7-9-3-5-10(17)6-4-9/h3-6,8H,7H2,1-2H3. The molecule has 2 aromatic rings. The van der Waals surface area contributed by atoms with E-state index < -0.39 is 0 Å². The lowest BCUT2D eigenvalue weighted by atomic mass is 10.1. The Bertz CT molecular complexity index is 634. The van der Waals surface area contributed by atoms with Gasteiger partial charge in [0, 0.05) is 26.1 Å². The van der Waals surface area contributed by atoms with Gasteiger partial charge >= 0.3 is 0 Å². The van der Waals surface area contributed by atoms with Crippen LogP contribution in [0.3, 0.4) is 0 Å². The summed E-state index contributed by atoms with van der Waals surface area (Å²) in [5.41, 5.74) is 1.46. The molecule has 0 aliphatic rings. The van der Waals surface area contributed by atoms with Crippen molar-refractivity contribution < 1.29 is 4.39 Å². The zero-order valence-electron chi connectivity index (χ0n) is 11.5. The SMILES string of the molecule is CN(C)C=Nc1nc(Cl)c(Cc2ccc(F)cc2)c(Cl)n1. The lowest BCUT2D eigenvalue weighted by Gasteiger charge is -2.07. The van der Waals surface area contributed by atoms with E-state index in [0.717, 1.165) is 5.56 Å². The number of aliphatic imine (C=N–C) groups is 1. The Morgan fingerprint density at radius 2 is 1.71 bits per heavy atom. The summed E-state index contributed by atoms with van der Waals surface area (Å²) in [4.78, 5) is 14.0. The summed E-state index contributed by atoms with van der Waals surface area (Å²) in [5, 5.41) is 0.482. The van der Waals surface area contributed by atoms with Gasteiger partial charge in [-0.15, -0.1) is 0 Å². The highest BCUT2D eigenvalue weighted by atomic mass is 35.5. The molecular weight excluding hydrogens is 314 g/mol. The molecule has 0 saturated carbocycles. The van der Waals surface area contributed by atoms with Crippen LogP contribution in [0.2, 0.25) is 10.3 Å². The van der Waals surface area contributed by atoms with Crippen LogP contribution in [-0.4, -0.2) is 35.3 Å². The van der Waals surface area contributed by atoms with E-state index in [1.165, 1.54) is 12.1 Å². The Morgan fingerprint density at radius 3 is 2.24 bits per heavy atom. The summed E-state index contributed by atoms with van der Waals surface area (Å²) < 4.78 is 12.9. The third-order valence-electron chi connectivity index (χ3n) is 2.59.